The van der Waals surface area contributed by atoms with Crippen molar-refractivity contribution >= 4 is 5.91 Å². The van der Waals surface area contributed by atoms with Gasteiger partial charge in [0.25, 0.3) is 0 Å². The first kappa shape index (κ1) is 72.3. The fourth-order valence-electron chi connectivity index (χ4n) is 9.01. The van der Waals surface area contributed by atoms with E-state index in [1.165, 1.54) is 154 Å². The molecule has 0 heterocycles. The Morgan fingerprint density at radius 1 is 0.329 bits per heavy atom. The molecule has 0 saturated heterocycles. The highest BCUT2D eigenvalue weighted by Crippen LogP contribution is 2.17. The summed E-state index contributed by atoms with van der Waals surface area (Å²) in [5.41, 5.74) is 0. The topological polar surface area (TPSA) is 69.6 Å². The third-order valence-electron chi connectivity index (χ3n) is 13.8. The number of aliphatic hydroxyl groups excluding tert-OH is 2. The molecule has 0 saturated carbocycles. The lowest BCUT2D eigenvalue weighted by Gasteiger charge is -2.19. The average Bonchev–Trinajstić information content (AvgIpc) is 3.42. The molecule has 0 aromatic heterocycles. The van der Waals surface area contributed by atoms with Gasteiger partial charge in [0, 0.05) is 6.42 Å². The van der Waals surface area contributed by atoms with Gasteiger partial charge in [-0.3, -0.25) is 4.79 Å². The molecule has 0 aliphatic carbocycles. The molecule has 2 unspecified atom stereocenters. The minimum Gasteiger partial charge on any atom is -0.394 e. The number of allylic oxidation sites excluding steroid dienone is 23. The lowest BCUT2D eigenvalue weighted by Crippen LogP contribution is -2.45. The SMILES string of the molecule is CC/C=C\C/C=C\C/C=C\C/C=C\C/C=C\C/C=C\C/C=C\C/C=C\C/C=C\C/C=C\C/C=C\CCCCCC(=O)NC(CO)C(O)/C=C/CCCCCCCCCCCCCCCCCCCCCCCCCCC. The Balaban J connectivity index is 3.66. The fraction of sp³-hybridized carbons (Fsp3) is 0.653. The van der Waals surface area contributed by atoms with Gasteiger partial charge < -0.3 is 15.5 Å². The molecular weight excluding hydrogens is 927 g/mol. The zero-order valence-electron chi connectivity index (χ0n) is 49.7. The maximum Gasteiger partial charge on any atom is 0.220 e. The molecule has 0 rings (SSSR count). The van der Waals surface area contributed by atoms with Crippen molar-refractivity contribution < 1.29 is 15.0 Å². The van der Waals surface area contributed by atoms with Crippen LogP contribution in [-0.4, -0.2) is 34.9 Å². The molecule has 0 aromatic carbocycles. The predicted octanol–water partition coefficient (Wildman–Crippen LogP) is 21.9. The van der Waals surface area contributed by atoms with Crippen molar-refractivity contribution in [3.63, 3.8) is 0 Å². The number of unbranched alkanes of at least 4 members (excludes halogenated alkanes) is 28. The van der Waals surface area contributed by atoms with Crippen LogP contribution in [0.2, 0.25) is 0 Å². The molecule has 76 heavy (non-hydrogen) atoms. The van der Waals surface area contributed by atoms with E-state index in [0.717, 1.165) is 109 Å². The standard InChI is InChI=1S/C72H121NO3/c1-3-5-7-9-11-13-15-17-19-21-23-25-27-29-31-32-33-34-35-36-37-38-39-40-42-44-46-48-50-52-54-56-58-60-62-64-66-68-72(76)73-70(69-74)71(75)67-65-63-61-59-57-55-53-51-49-47-45-43-41-30-28-26-24-22-20-18-16-14-12-10-8-6-4-2/h5,7,11,13,17,19,23,25,29,31,33-34,36-37,39-40,44,46,50,52,56,58,65,67,70-71,74-75H,3-4,6,8-10,12,14-16,18,20-22,24,26-28,30,32,35,38,41-43,45,47-49,51,53-55,57,59-64,66,68-69H2,1-2H3,(H,73,76)/b7-5-,13-11-,19-17-,25-23-,31-29-,34-33-,37-36-,40-39-,46-44-,52-50-,58-56-,67-65+. The molecule has 0 radical (unpaired) electrons. The molecule has 0 aromatic rings. The Kier molecular flexibility index (Phi) is 62.3. The van der Waals surface area contributed by atoms with Crippen LogP contribution in [0.3, 0.4) is 0 Å². The van der Waals surface area contributed by atoms with Crippen molar-refractivity contribution in [2.24, 2.45) is 0 Å². The quantitative estimate of drug-likeness (QED) is 0.0420. The van der Waals surface area contributed by atoms with Crippen molar-refractivity contribution in [1.82, 2.24) is 5.32 Å². The molecule has 4 nitrogen and oxygen atoms in total. The molecule has 1 amide bonds. The first-order valence-corrected chi connectivity index (χ1v) is 32.0. The summed E-state index contributed by atoms with van der Waals surface area (Å²) in [5, 5.41) is 23.2. The molecule has 432 valence electrons. The van der Waals surface area contributed by atoms with Crippen molar-refractivity contribution in [2.75, 3.05) is 6.61 Å². The number of hydrogen-bond acceptors (Lipinski definition) is 3. The van der Waals surface area contributed by atoms with Crippen LogP contribution in [0, 0.1) is 0 Å². The van der Waals surface area contributed by atoms with Gasteiger partial charge in [0.05, 0.1) is 18.8 Å². The Morgan fingerprint density at radius 3 is 0.868 bits per heavy atom. The van der Waals surface area contributed by atoms with Gasteiger partial charge in [0.2, 0.25) is 5.91 Å². The first-order valence-electron chi connectivity index (χ1n) is 32.0. The average molecular weight is 1050 g/mol. The second kappa shape index (κ2) is 65.6. The van der Waals surface area contributed by atoms with E-state index >= 15 is 0 Å². The summed E-state index contributed by atoms with van der Waals surface area (Å²) in [6, 6.07) is -0.653. The van der Waals surface area contributed by atoms with Gasteiger partial charge in [-0.1, -0.05) is 320 Å². The predicted molar refractivity (Wildman–Crippen MR) is 340 cm³/mol. The van der Waals surface area contributed by atoms with Crippen molar-refractivity contribution in [3.8, 4) is 0 Å². The van der Waals surface area contributed by atoms with Crippen LogP contribution in [0.4, 0.5) is 0 Å². The highest BCUT2D eigenvalue weighted by atomic mass is 16.3. The van der Waals surface area contributed by atoms with Crippen LogP contribution in [0.15, 0.2) is 146 Å². The summed E-state index contributed by atoms with van der Waals surface area (Å²) >= 11 is 0. The smallest absolute Gasteiger partial charge is 0.220 e. The van der Waals surface area contributed by atoms with Crippen molar-refractivity contribution in [1.29, 1.82) is 0 Å². The number of carbonyl (C=O) groups is 1. The Bertz CT molecular complexity index is 1560. The van der Waals surface area contributed by atoms with E-state index in [0.29, 0.717) is 6.42 Å². The first-order chi connectivity index (χ1) is 37.7. The molecule has 0 fully saturated rings. The van der Waals surface area contributed by atoms with Gasteiger partial charge in [-0.15, -0.1) is 0 Å². The Morgan fingerprint density at radius 2 is 0.579 bits per heavy atom. The Hall–Kier alpha value is -3.73. The number of rotatable bonds is 57. The number of aliphatic hydroxyl groups is 2. The summed E-state index contributed by atoms with van der Waals surface area (Å²) in [7, 11) is 0. The minimum absolute atomic E-state index is 0.0990. The van der Waals surface area contributed by atoms with Gasteiger partial charge in [0.1, 0.15) is 0 Å². The second-order valence-electron chi connectivity index (χ2n) is 21.1. The number of carbonyl (C=O) groups excluding carboxylic acids is 1. The third-order valence-corrected chi connectivity index (χ3v) is 13.8. The zero-order chi connectivity index (χ0) is 54.8. The second-order valence-corrected chi connectivity index (χ2v) is 21.1. The summed E-state index contributed by atoms with van der Waals surface area (Å²) in [6.45, 7) is 4.19. The normalized spacial score (nSPS) is 13.8. The molecular formula is C72H121NO3. The maximum atomic E-state index is 12.5. The van der Waals surface area contributed by atoms with Gasteiger partial charge in [0.15, 0.2) is 0 Å². The van der Waals surface area contributed by atoms with Gasteiger partial charge >= 0.3 is 0 Å². The van der Waals surface area contributed by atoms with Crippen molar-refractivity contribution in [2.45, 2.75) is 296 Å². The fourth-order valence-corrected chi connectivity index (χ4v) is 9.01. The third kappa shape index (κ3) is 61.1. The lowest BCUT2D eigenvalue weighted by molar-refractivity contribution is -0.123. The van der Waals surface area contributed by atoms with Gasteiger partial charge in [-0.2, -0.15) is 0 Å². The zero-order valence-corrected chi connectivity index (χ0v) is 49.7. The Labute approximate surface area is 472 Å². The summed E-state index contributed by atoms with van der Waals surface area (Å²) in [4.78, 5) is 12.5. The van der Waals surface area contributed by atoms with Crippen LogP contribution in [0.25, 0.3) is 0 Å². The molecule has 0 aliphatic rings. The highest BCUT2D eigenvalue weighted by molar-refractivity contribution is 5.76. The maximum absolute atomic E-state index is 12.5. The molecule has 2 atom stereocenters. The van der Waals surface area contributed by atoms with Crippen LogP contribution >= 0.6 is 0 Å². The van der Waals surface area contributed by atoms with E-state index in [1.807, 2.05) is 6.08 Å². The lowest BCUT2D eigenvalue weighted by atomic mass is 10.0. The van der Waals surface area contributed by atoms with E-state index in [9.17, 15) is 15.0 Å². The van der Waals surface area contributed by atoms with Gasteiger partial charge in [-0.05, 0) is 103 Å². The number of amides is 1. The summed E-state index contributed by atoms with van der Waals surface area (Å²) < 4.78 is 0. The van der Waals surface area contributed by atoms with Gasteiger partial charge in [-0.25, -0.2) is 0 Å². The van der Waals surface area contributed by atoms with Crippen LogP contribution in [0.5, 0.6) is 0 Å². The number of hydrogen-bond donors (Lipinski definition) is 3. The van der Waals surface area contributed by atoms with E-state index in [-0.39, 0.29) is 12.5 Å². The van der Waals surface area contributed by atoms with Crippen molar-refractivity contribution in [3.05, 3.63) is 146 Å². The van der Waals surface area contributed by atoms with E-state index < -0.39 is 12.1 Å². The van der Waals surface area contributed by atoms with E-state index in [2.05, 4.69) is 153 Å². The van der Waals surface area contributed by atoms with E-state index in [1.54, 1.807) is 6.08 Å². The monoisotopic (exact) mass is 1050 g/mol. The minimum atomic E-state index is -0.866. The highest BCUT2D eigenvalue weighted by Gasteiger charge is 2.18. The van der Waals surface area contributed by atoms with Crippen LogP contribution < -0.4 is 5.32 Å². The van der Waals surface area contributed by atoms with Crippen LogP contribution in [-0.2, 0) is 4.79 Å². The molecule has 4 heteroatoms. The van der Waals surface area contributed by atoms with E-state index in [4.69, 9.17) is 0 Å². The molecule has 3 N–H and O–H groups in total. The molecule has 0 aliphatic heterocycles. The largest absolute Gasteiger partial charge is 0.394 e. The summed E-state index contributed by atoms with van der Waals surface area (Å²) in [6.07, 6.45) is 103. The van der Waals surface area contributed by atoms with Crippen LogP contribution in [0.1, 0.15) is 284 Å². The number of nitrogens with one attached hydrogen (secondary N) is 1. The molecule has 0 spiro atoms. The summed E-state index contributed by atoms with van der Waals surface area (Å²) in [5.74, 6) is -0.0990. The molecule has 0 bridgehead atoms.